The van der Waals surface area contributed by atoms with Gasteiger partial charge in [-0.15, -0.1) is 0 Å². The van der Waals surface area contributed by atoms with Crippen molar-refractivity contribution >= 4 is 11.9 Å². The van der Waals surface area contributed by atoms with E-state index in [1.807, 2.05) is 32.7 Å². The van der Waals surface area contributed by atoms with Crippen LogP contribution in [-0.4, -0.2) is 47.5 Å². The van der Waals surface area contributed by atoms with Crippen molar-refractivity contribution in [1.29, 1.82) is 0 Å². The molecule has 1 rings (SSSR count). The van der Waals surface area contributed by atoms with Crippen molar-refractivity contribution in [2.75, 3.05) is 20.3 Å². The van der Waals surface area contributed by atoms with Gasteiger partial charge in [0.25, 0.3) is 5.91 Å². The van der Waals surface area contributed by atoms with Crippen molar-refractivity contribution < 1.29 is 9.59 Å². The van der Waals surface area contributed by atoms with Crippen LogP contribution < -0.4 is 5.32 Å². The number of nitrogens with zero attached hydrogens (tertiary/aromatic N) is 2. The van der Waals surface area contributed by atoms with Gasteiger partial charge in [-0.1, -0.05) is 25.0 Å². The first-order valence-corrected chi connectivity index (χ1v) is 7.76. The van der Waals surface area contributed by atoms with Gasteiger partial charge in [0.05, 0.1) is 6.67 Å². The molecule has 0 aromatic carbocycles. The molecule has 120 valence electrons. The van der Waals surface area contributed by atoms with Crippen LogP contribution in [0.1, 0.15) is 53.4 Å². The van der Waals surface area contributed by atoms with Crippen LogP contribution in [0.2, 0.25) is 0 Å². The fourth-order valence-electron chi connectivity index (χ4n) is 2.43. The maximum Gasteiger partial charge on any atom is 0.326 e. The van der Waals surface area contributed by atoms with E-state index in [1.165, 1.54) is 10.5 Å². The molecule has 0 aromatic heterocycles. The van der Waals surface area contributed by atoms with E-state index in [9.17, 15) is 9.59 Å². The van der Waals surface area contributed by atoms with E-state index in [0.29, 0.717) is 13.1 Å². The maximum atomic E-state index is 12.5. The Hall–Kier alpha value is -1.36. The maximum absolute atomic E-state index is 12.5. The summed E-state index contributed by atoms with van der Waals surface area (Å²) in [5.41, 5.74) is 0.459. The second kappa shape index (κ2) is 7.59. The van der Waals surface area contributed by atoms with E-state index in [0.717, 1.165) is 25.8 Å². The minimum atomic E-state index is -0.769. The molecule has 1 saturated heterocycles. The molecular weight excluding hydrogens is 266 g/mol. The summed E-state index contributed by atoms with van der Waals surface area (Å²) in [4.78, 5) is 27.9. The second-order valence-corrected chi connectivity index (χ2v) is 6.39. The molecule has 5 nitrogen and oxygen atoms in total. The number of allylic oxidation sites excluding steroid dienone is 2. The molecule has 0 bridgehead atoms. The van der Waals surface area contributed by atoms with Crippen molar-refractivity contribution in [3.05, 3.63) is 11.6 Å². The number of carbonyl (C=O) groups excluding carboxylic acids is 2. The zero-order valence-corrected chi connectivity index (χ0v) is 14.0. The van der Waals surface area contributed by atoms with E-state index in [2.05, 4.69) is 18.3 Å². The van der Waals surface area contributed by atoms with Crippen molar-refractivity contribution in [2.24, 2.45) is 0 Å². The van der Waals surface area contributed by atoms with E-state index < -0.39 is 5.54 Å². The molecule has 0 saturated carbocycles. The Bertz CT molecular complexity index is 416. The van der Waals surface area contributed by atoms with Gasteiger partial charge in [-0.3, -0.25) is 9.69 Å². The van der Waals surface area contributed by atoms with Gasteiger partial charge in [-0.05, 0) is 53.6 Å². The normalized spacial score (nSPS) is 21.9. The molecule has 1 atom stereocenters. The largest absolute Gasteiger partial charge is 0.326 e. The van der Waals surface area contributed by atoms with Crippen molar-refractivity contribution in [3.63, 3.8) is 0 Å². The van der Waals surface area contributed by atoms with Crippen LogP contribution in [0.4, 0.5) is 4.79 Å². The molecule has 0 aromatic rings. The van der Waals surface area contributed by atoms with Gasteiger partial charge in [0.1, 0.15) is 5.54 Å². The topological polar surface area (TPSA) is 52.6 Å². The average Bonchev–Trinajstić information content (AvgIpc) is 2.60. The summed E-state index contributed by atoms with van der Waals surface area (Å²) >= 11 is 0. The predicted molar refractivity (Wildman–Crippen MR) is 84.9 cm³/mol. The Kier molecular flexibility index (Phi) is 6.40. The summed E-state index contributed by atoms with van der Waals surface area (Å²) in [5, 5.41) is 2.85. The Morgan fingerprint density at radius 2 is 2.05 bits per heavy atom. The first-order chi connectivity index (χ1) is 9.80. The summed E-state index contributed by atoms with van der Waals surface area (Å²) < 4.78 is 0. The zero-order valence-electron chi connectivity index (χ0n) is 14.0. The summed E-state index contributed by atoms with van der Waals surface area (Å²) in [6.45, 7) is 9.27. The summed E-state index contributed by atoms with van der Waals surface area (Å²) in [5.74, 6) is -0.113. The van der Waals surface area contributed by atoms with Gasteiger partial charge in [0.2, 0.25) is 0 Å². The molecule has 0 spiro atoms. The van der Waals surface area contributed by atoms with Crippen molar-refractivity contribution in [1.82, 2.24) is 15.1 Å². The third-order valence-corrected chi connectivity index (χ3v) is 3.82. The minimum absolute atomic E-state index is 0.113. The van der Waals surface area contributed by atoms with Crippen LogP contribution in [0.5, 0.6) is 0 Å². The molecule has 1 unspecified atom stereocenters. The lowest BCUT2D eigenvalue weighted by atomic mass is 9.95. The van der Waals surface area contributed by atoms with Gasteiger partial charge in [0, 0.05) is 0 Å². The van der Waals surface area contributed by atoms with Crippen molar-refractivity contribution in [3.8, 4) is 0 Å². The monoisotopic (exact) mass is 295 g/mol. The summed E-state index contributed by atoms with van der Waals surface area (Å²) in [7, 11) is 1.94. The lowest BCUT2D eigenvalue weighted by Gasteiger charge is -2.24. The Morgan fingerprint density at radius 1 is 1.38 bits per heavy atom. The Balaban J connectivity index is 2.63. The van der Waals surface area contributed by atoms with E-state index in [4.69, 9.17) is 0 Å². The van der Waals surface area contributed by atoms with E-state index >= 15 is 0 Å². The van der Waals surface area contributed by atoms with E-state index in [1.54, 1.807) is 0 Å². The zero-order chi connectivity index (χ0) is 16.0. The second-order valence-electron chi connectivity index (χ2n) is 6.39. The molecule has 0 radical (unpaired) electrons. The summed E-state index contributed by atoms with van der Waals surface area (Å²) in [6.07, 6.45) is 5.70. The highest BCUT2D eigenvalue weighted by atomic mass is 16.2. The highest BCUT2D eigenvalue weighted by Crippen LogP contribution is 2.23. The molecule has 1 aliphatic heterocycles. The van der Waals surface area contributed by atoms with Crippen LogP contribution in [-0.2, 0) is 4.79 Å². The molecule has 5 heteroatoms. The quantitative estimate of drug-likeness (QED) is 0.553. The highest BCUT2D eigenvalue weighted by molar-refractivity contribution is 6.06. The molecular formula is C16H29N3O2. The smallest absolute Gasteiger partial charge is 0.323 e. The van der Waals surface area contributed by atoms with Gasteiger partial charge in [0.15, 0.2) is 0 Å². The number of nitrogens with one attached hydrogen (secondary N) is 1. The van der Waals surface area contributed by atoms with Gasteiger partial charge >= 0.3 is 6.03 Å². The number of imide groups is 1. The van der Waals surface area contributed by atoms with Crippen LogP contribution in [0.15, 0.2) is 11.6 Å². The number of hydrogen-bond donors (Lipinski definition) is 1. The van der Waals surface area contributed by atoms with Gasteiger partial charge in [-0.2, -0.15) is 0 Å². The summed E-state index contributed by atoms with van der Waals surface area (Å²) in [6, 6.07) is -0.275. The Morgan fingerprint density at radius 3 is 2.62 bits per heavy atom. The van der Waals surface area contributed by atoms with E-state index in [-0.39, 0.29) is 11.9 Å². The van der Waals surface area contributed by atoms with Crippen LogP contribution in [0.3, 0.4) is 0 Å². The lowest BCUT2D eigenvalue weighted by molar-refractivity contribution is -0.132. The first kappa shape index (κ1) is 17.7. The number of carbonyl (C=O) groups is 2. The first-order valence-electron chi connectivity index (χ1n) is 7.76. The van der Waals surface area contributed by atoms with Crippen LogP contribution in [0, 0.1) is 0 Å². The number of amides is 3. The molecule has 1 heterocycles. The van der Waals surface area contributed by atoms with Gasteiger partial charge < -0.3 is 5.32 Å². The third-order valence-electron chi connectivity index (χ3n) is 3.82. The molecule has 21 heavy (non-hydrogen) atoms. The minimum Gasteiger partial charge on any atom is -0.323 e. The van der Waals surface area contributed by atoms with Gasteiger partial charge in [-0.25, -0.2) is 9.69 Å². The number of hydrogen-bond acceptors (Lipinski definition) is 3. The van der Waals surface area contributed by atoms with Crippen LogP contribution >= 0.6 is 0 Å². The highest BCUT2D eigenvalue weighted by Gasteiger charge is 2.47. The molecule has 1 fully saturated rings. The van der Waals surface area contributed by atoms with Crippen LogP contribution in [0.25, 0.3) is 0 Å². The fraction of sp³-hybridized carbons (Fsp3) is 0.750. The standard InChI is InChI=1S/C16H29N3O2/c1-6-7-11-18(5)12-19-14(20)16(4,17-15(19)21)10-8-9-13(2)3/h9H,6-8,10-12H2,1-5H3,(H,17,21). The number of rotatable bonds is 8. The fourth-order valence-corrected chi connectivity index (χ4v) is 2.43. The third kappa shape index (κ3) is 4.84. The molecule has 1 N–H and O–H groups in total. The predicted octanol–water partition coefficient (Wildman–Crippen LogP) is 2.73. The molecule has 3 amide bonds. The SMILES string of the molecule is CCCCN(C)CN1C(=O)NC(C)(CCC=C(C)C)C1=O. The van der Waals surface area contributed by atoms with Crippen molar-refractivity contribution in [2.45, 2.75) is 58.9 Å². The number of urea groups is 1. The lowest BCUT2D eigenvalue weighted by Crippen LogP contribution is -2.45. The number of unbranched alkanes of at least 4 members (excludes halogenated alkanes) is 1. The average molecular weight is 295 g/mol. The Labute approximate surface area is 128 Å². The molecule has 1 aliphatic rings. The molecule has 0 aliphatic carbocycles.